The smallest absolute Gasteiger partial charge is 0.257 e. The summed E-state index contributed by atoms with van der Waals surface area (Å²) in [7, 11) is 0. The number of nitrogens with zero attached hydrogens (tertiary/aromatic N) is 3. The number of hydrogen-bond donors (Lipinski definition) is 1. The number of thiazole rings is 1. The van der Waals surface area contributed by atoms with Gasteiger partial charge in [0.05, 0.1) is 12.2 Å². The molecule has 0 aliphatic heterocycles. The first kappa shape index (κ1) is 17.8. The second-order valence-electron chi connectivity index (χ2n) is 7.23. The number of aryl methyl sites for hydroxylation is 2. The summed E-state index contributed by atoms with van der Waals surface area (Å²) in [5.74, 6) is -0.148. The predicted molar refractivity (Wildman–Crippen MR) is 115 cm³/mol. The van der Waals surface area contributed by atoms with Crippen molar-refractivity contribution in [1.82, 2.24) is 14.8 Å². The van der Waals surface area contributed by atoms with Gasteiger partial charge in [0.15, 0.2) is 5.13 Å². The highest BCUT2D eigenvalue weighted by atomic mass is 32.1. The van der Waals surface area contributed by atoms with E-state index in [4.69, 9.17) is 0 Å². The first-order valence-electron chi connectivity index (χ1n) is 9.70. The quantitative estimate of drug-likeness (QED) is 0.524. The molecule has 0 saturated heterocycles. The molecule has 29 heavy (non-hydrogen) atoms. The van der Waals surface area contributed by atoms with Crippen molar-refractivity contribution in [2.75, 3.05) is 5.32 Å². The Morgan fingerprint density at radius 3 is 2.79 bits per heavy atom. The number of aromatic nitrogens is 3. The number of carbonyl (C=O) groups excluding carboxylic acids is 1. The summed E-state index contributed by atoms with van der Waals surface area (Å²) in [6.45, 7) is 0.686. The minimum absolute atomic E-state index is 0.148. The van der Waals surface area contributed by atoms with Gasteiger partial charge in [-0.1, -0.05) is 24.3 Å². The Bertz CT molecular complexity index is 1150. The zero-order chi connectivity index (χ0) is 19.6. The Balaban J connectivity index is 1.26. The van der Waals surface area contributed by atoms with Crippen LogP contribution in [0.3, 0.4) is 0 Å². The van der Waals surface area contributed by atoms with Crippen molar-refractivity contribution in [3.05, 3.63) is 88.6 Å². The average Bonchev–Trinajstić information content (AvgIpc) is 3.50. The maximum atomic E-state index is 12.6. The van der Waals surface area contributed by atoms with Gasteiger partial charge in [-0.3, -0.25) is 14.8 Å². The molecule has 0 saturated carbocycles. The number of fused-ring (bicyclic) bond motifs is 1. The van der Waals surface area contributed by atoms with Crippen LogP contribution in [0.2, 0.25) is 0 Å². The first-order chi connectivity index (χ1) is 14.2. The molecule has 144 valence electrons. The fraction of sp³-hybridized carbons (Fsp3) is 0.174. The summed E-state index contributed by atoms with van der Waals surface area (Å²) in [6, 6.07) is 16.0. The summed E-state index contributed by atoms with van der Waals surface area (Å²) < 4.78 is 1.85. The molecule has 0 bridgehead atoms. The van der Waals surface area contributed by atoms with E-state index in [1.807, 2.05) is 46.6 Å². The van der Waals surface area contributed by atoms with Gasteiger partial charge in [-0.2, -0.15) is 5.10 Å². The molecular weight excluding hydrogens is 380 g/mol. The van der Waals surface area contributed by atoms with E-state index in [0.717, 1.165) is 23.2 Å². The standard InChI is InChI=1S/C23H20N4OS/c28-22(18-7-5-16(6-8-18)14-27-12-2-11-24-27)26-23-25-21(15-29-23)20-10-9-17-3-1-4-19(17)13-20/h2,5-13,15H,1,3-4,14H2,(H,25,26,28). The molecule has 2 aromatic heterocycles. The van der Waals surface area contributed by atoms with Gasteiger partial charge in [0.2, 0.25) is 0 Å². The molecule has 5 nitrogen and oxygen atoms in total. The molecule has 0 spiro atoms. The van der Waals surface area contributed by atoms with Crippen LogP contribution in [0.25, 0.3) is 11.3 Å². The highest BCUT2D eigenvalue weighted by Gasteiger charge is 2.14. The number of anilines is 1. The minimum atomic E-state index is -0.148. The first-order valence-corrected chi connectivity index (χ1v) is 10.6. The number of amides is 1. The molecule has 5 rings (SSSR count). The zero-order valence-electron chi connectivity index (χ0n) is 15.8. The molecular formula is C23H20N4OS. The normalized spacial score (nSPS) is 12.7. The van der Waals surface area contributed by atoms with Gasteiger partial charge in [0.1, 0.15) is 0 Å². The lowest BCUT2D eigenvalue weighted by Gasteiger charge is -2.05. The molecule has 2 heterocycles. The maximum Gasteiger partial charge on any atom is 0.257 e. The van der Waals surface area contributed by atoms with Crippen LogP contribution in [0.4, 0.5) is 5.13 Å². The lowest BCUT2D eigenvalue weighted by Crippen LogP contribution is -2.11. The van der Waals surface area contributed by atoms with E-state index in [2.05, 4.69) is 33.6 Å². The van der Waals surface area contributed by atoms with Gasteiger partial charge in [-0.25, -0.2) is 4.98 Å². The number of hydrogen-bond acceptors (Lipinski definition) is 4. The molecule has 2 aromatic carbocycles. The van der Waals surface area contributed by atoms with Crippen molar-refractivity contribution in [2.45, 2.75) is 25.8 Å². The molecule has 6 heteroatoms. The lowest BCUT2D eigenvalue weighted by atomic mass is 10.1. The third-order valence-electron chi connectivity index (χ3n) is 5.24. The second-order valence-corrected chi connectivity index (χ2v) is 8.09. The Morgan fingerprint density at radius 2 is 1.97 bits per heavy atom. The van der Waals surface area contributed by atoms with Crippen LogP contribution in [-0.2, 0) is 19.4 Å². The third-order valence-corrected chi connectivity index (χ3v) is 6.00. The van der Waals surface area contributed by atoms with Crippen LogP contribution in [0.1, 0.15) is 33.5 Å². The lowest BCUT2D eigenvalue weighted by molar-refractivity contribution is 0.102. The minimum Gasteiger partial charge on any atom is -0.298 e. The van der Waals surface area contributed by atoms with E-state index in [0.29, 0.717) is 17.2 Å². The molecule has 4 aromatic rings. The SMILES string of the molecule is O=C(Nc1nc(-c2ccc3c(c2)CCC3)cs1)c1ccc(Cn2cccn2)cc1. The second kappa shape index (κ2) is 7.64. The highest BCUT2D eigenvalue weighted by Crippen LogP contribution is 2.30. The molecule has 1 N–H and O–H groups in total. The van der Waals surface area contributed by atoms with Crippen LogP contribution >= 0.6 is 11.3 Å². The van der Waals surface area contributed by atoms with Crippen molar-refractivity contribution in [1.29, 1.82) is 0 Å². The summed E-state index contributed by atoms with van der Waals surface area (Å²) in [4.78, 5) is 17.2. The topological polar surface area (TPSA) is 59.8 Å². The van der Waals surface area contributed by atoms with Crippen LogP contribution in [0.5, 0.6) is 0 Å². The van der Waals surface area contributed by atoms with E-state index < -0.39 is 0 Å². The van der Waals surface area contributed by atoms with Crippen molar-refractivity contribution in [3.63, 3.8) is 0 Å². The molecule has 0 atom stereocenters. The summed E-state index contributed by atoms with van der Waals surface area (Å²) in [6.07, 6.45) is 7.23. The predicted octanol–water partition coefficient (Wildman–Crippen LogP) is 4.80. The molecule has 1 amide bonds. The Morgan fingerprint density at radius 1 is 1.10 bits per heavy atom. The summed E-state index contributed by atoms with van der Waals surface area (Å²) in [5, 5.41) is 9.73. The van der Waals surface area contributed by atoms with Crippen LogP contribution in [-0.4, -0.2) is 20.7 Å². The summed E-state index contributed by atoms with van der Waals surface area (Å²) >= 11 is 1.45. The van der Waals surface area contributed by atoms with Crippen molar-refractivity contribution in [3.8, 4) is 11.3 Å². The number of nitrogens with one attached hydrogen (secondary N) is 1. The molecule has 0 radical (unpaired) electrons. The number of benzene rings is 2. The monoisotopic (exact) mass is 400 g/mol. The van der Waals surface area contributed by atoms with E-state index in [9.17, 15) is 4.79 Å². The molecule has 1 aliphatic carbocycles. The van der Waals surface area contributed by atoms with Crippen molar-refractivity contribution in [2.24, 2.45) is 0 Å². The Labute approximate surface area is 173 Å². The zero-order valence-corrected chi connectivity index (χ0v) is 16.7. The fourth-order valence-electron chi connectivity index (χ4n) is 3.71. The van der Waals surface area contributed by atoms with Crippen LogP contribution < -0.4 is 5.32 Å². The van der Waals surface area contributed by atoms with Gasteiger partial charge in [0, 0.05) is 28.9 Å². The molecule has 0 unspecified atom stereocenters. The Hall–Kier alpha value is -3.25. The number of rotatable bonds is 5. The van der Waals surface area contributed by atoms with Gasteiger partial charge < -0.3 is 0 Å². The van der Waals surface area contributed by atoms with Crippen LogP contribution in [0, 0.1) is 0 Å². The van der Waals surface area contributed by atoms with Crippen LogP contribution in [0.15, 0.2) is 66.3 Å². The van der Waals surface area contributed by atoms with Gasteiger partial charge in [-0.05, 0) is 60.2 Å². The summed E-state index contributed by atoms with van der Waals surface area (Å²) in [5.41, 5.74) is 6.62. The van der Waals surface area contributed by atoms with Gasteiger partial charge >= 0.3 is 0 Å². The maximum absolute atomic E-state index is 12.6. The molecule has 0 fully saturated rings. The fourth-order valence-corrected chi connectivity index (χ4v) is 4.42. The highest BCUT2D eigenvalue weighted by molar-refractivity contribution is 7.14. The van der Waals surface area contributed by atoms with E-state index in [1.54, 1.807) is 6.20 Å². The van der Waals surface area contributed by atoms with E-state index in [-0.39, 0.29) is 5.91 Å². The van der Waals surface area contributed by atoms with E-state index in [1.165, 1.54) is 35.3 Å². The molecule has 1 aliphatic rings. The Kier molecular flexibility index (Phi) is 4.69. The van der Waals surface area contributed by atoms with Crippen molar-refractivity contribution >= 4 is 22.4 Å². The largest absolute Gasteiger partial charge is 0.298 e. The number of carbonyl (C=O) groups is 1. The average molecular weight is 401 g/mol. The van der Waals surface area contributed by atoms with E-state index >= 15 is 0 Å². The third kappa shape index (κ3) is 3.84. The van der Waals surface area contributed by atoms with Gasteiger partial charge in [0.25, 0.3) is 5.91 Å². The van der Waals surface area contributed by atoms with Gasteiger partial charge in [-0.15, -0.1) is 11.3 Å². The van der Waals surface area contributed by atoms with Crippen molar-refractivity contribution < 1.29 is 4.79 Å².